The Morgan fingerprint density at radius 2 is 2.15 bits per heavy atom. The average molecular weight is 169 g/mol. The number of benzene rings is 1. The number of fused-ring (bicyclic) bond motifs is 1. The van der Waals surface area contributed by atoms with Gasteiger partial charge in [-0.2, -0.15) is 5.26 Å². The van der Waals surface area contributed by atoms with E-state index < -0.39 is 5.41 Å². The summed E-state index contributed by atoms with van der Waals surface area (Å²) in [5.74, 6) is 0. The van der Waals surface area contributed by atoms with Crippen molar-refractivity contribution in [1.29, 1.82) is 5.26 Å². The van der Waals surface area contributed by atoms with Crippen LogP contribution in [0, 0.1) is 11.3 Å². The van der Waals surface area contributed by atoms with E-state index in [0.29, 0.717) is 0 Å². The van der Waals surface area contributed by atoms with Gasteiger partial charge in [-0.25, -0.2) is 0 Å². The fraction of sp³-hybridized carbons (Fsp3) is 0.250. The van der Waals surface area contributed by atoms with Crippen LogP contribution in [0.15, 0.2) is 36.4 Å². The van der Waals surface area contributed by atoms with Crippen molar-refractivity contribution in [2.45, 2.75) is 18.8 Å². The van der Waals surface area contributed by atoms with E-state index in [1.165, 1.54) is 5.56 Å². The molecule has 0 radical (unpaired) electrons. The molecule has 13 heavy (non-hydrogen) atoms. The fourth-order valence-electron chi connectivity index (χ4n) is 1.81. The van der Waals surface area contributed by atoms with E-state index in [4.69, 9.17) is 5.26 Å². The van der Waals surface area contributed by atoms with E-state index in [9.17, 15) is 0 Å². The molecule has 0 heterocycles. The molecule has 1 heteroatoms. The molecule has 0 fully saturated rings. The summed E-state index contributed by atoms with van der Waals surface area (Å²) in [5.41, 5.74) is 2.00. The van der Waals surface area contributed by atoms with Gasteiger partial charge in [-0.3, -0.25) is 0 Å². The normalized spacial score (nSPS) is 24.9. The molecule has 64 valence electrons. The first-order valence-electron chi connectivity index (χ1n) is 4.43. The Balaban J connectivity index is 2.62. The van der Waals surface area contributed by atoms with Crippen molar-refractivity contribution in [2.75, 3.05) is 0 Å². The molecular formula is C12H11N. The van der Waals surface area contributed by atoms with Crippen molar-refractivity contribution in [2.24, 2.45) is 0 Å². The molecule has 1 aliphatic rings. The Kier molecular flexibility index (Phi) is 1.70. The minimum atomic E-state index is -0.422. The summed E-state index contributed by atoms with van der Waals surface area (Å²) >= 11 is 0. The third kappa shape index (κ3) is 1.15. The second kappa shape index (κ2) is 2.74. The number of hydrogen-bond acceptors (Lipinski definition) is 1. The first-order chi connectivity index (χ1) is 6.26. The van der Waals surface area contributed by atoms with E-state index in [1.807, 2.05) is 31.2 Å². The van der Waals surface area contributed by atoms with Crippen LogP contribution in [0.3, 0.4) is 0 Å². The van der Waals surface area contributed by atoms with Gasteiger partial charge in [0.05, 0.1) is 11.5 Å². The van der Waals surface area contributed by atoms with E-state index in [-0.39, 0.29) is 0 Å². The van der Waals surface area contributed by atoms with Gasteiger partial charge in [0.1, 0.15) is 0 Å². The molecule has 0 spiro atoms. The molecule has 1 nitrogen and oxygen atoms in total. The van der Waals surface area contributed by atoms with Gasteiger partial charge >= 0.3 is 0 Å². The first kappa shape index (κ1) is 8.07. The summed E-state index contributed by atoms with van der Waals surface area (Å²) in [6.07, 6.45) is 5.02. The monoisotopic (exact) mass is 169 g/mol. The molecule has 2 rings (SSSR count). The molecule has 0 N–H and O–H groups in total. The minimum Gasteiger partial charge on any atom is -0.197 e. The molecule has 1 atom stereocenters. The molecular weight excluding hydrogens is 158 g/mol. The Bertz CT molecular complexity index is 398. The van der Waals surface area contributed by atoms with Crippen molar-refractivity contribution >= 4 is 0 Å². The molecule has 0 amide bonds. The minimum absolute atomic E-state index is 0.422. The summed E-state index contributed by atoms with van der Waals surface area (Å²) < 4.78 is 0. The highest BCUT2D eigenvalue weighted by Gasteiger charge is 2.27. The second-order valence-electron chi connectivity index (χ2n) is 3.58. The summed E-state index contributed by atoms with van der Waals surface area (Å²) in [6.45, 7) is 1.96. The molecule has 0 bridgehead atoms. The third-order valence-corrected chi connectivity index (χ3v) is 2.60. The van der Waals surface area contributed by atoms with Gasteiger partial charge in [0.15, 0.2) is 0 Å². The van der Waals surface area contributed by atoms with Crippen molar-refractivity contribution < 1.29 is 0 Å². The zero-order valence-electron chi connectivity index (χ0n) is 7.62. The number of nitrogens with zero attached hydrogens (tertiary/aromatic N) is 1. The van der Waals surface area contributed by atoms with Crippen LogP contribution >= 0.6 is 0 Å². The zero-order valence-corrected chi connectivity index (χ0v) is 7.62. The Hall–Kier alpha value is -1.55. The lowest BCUT2D eigenvalue weighted by Crippen LogP contribution is -2.21. The quantitative estimate of drug-likeness (QED) is 0.547. The molecule has 1 aromatic carbocycles. The Morgan fingerprint density at radius 1 is 1.38 bits per heavy atom. The maximum Gasteiger partial charge on any atom is 0.0977 e. The van der Waals surface area contributed by atoms with Crippen LogP contribution in [-0.2, 0) is 11.8 Å². The predicted octanol–water partition coefficient (Wildman–Crippen LogP) is 2.58. The van der Waals surface area contributed by atoms with E-state index in [2.05, 4.69) is 18.2 Å². The SMILES string of the molecule is CC1(C#N)C=CCc2ccccc21. The summed E-state index contributed by atoms with van der Waals surface area (Å²) in [6, 6.07) is 10.5. The van der Waals surface area contributed by atoms with Crippen LogP contribution in [0.5, 0.6) is 0 Å². The van der Waals surface area contributed by atoms with Crippen LogP contribution in [0.2, 0.25) is 0 Å². The molecule has 0 aliphatic heterocycles. The van der Waals surface area contributed by atoms with Gasteiger partial charge in [0, 0.05) is 0 Å². The van der Waals surface area contributed by atoms with Crippen LogP contribution in [0.25, 0.3) is 0 Å². The number of rotatable bonds is 0. The van der Waals surface area contributed by atoms with E-state index in [1.54, 1.807) is 0 Å². The summed E-state index contributed by atoms with van der Waals surface area (Å²) in [4.78, 5) is 0. The van der Waals surface area contributed by atoms with Crippen LogP contribution in [0.4, 0.5) is 0 Å². The maximum absolute atomic E-state index is 9.10. The Labute approximate surface area is 78.3 Å². The average Bonchev–Trinajstić information content (AvgIpc) is 2.19. The van der Waals surface area contributed by atoms with Gasteiger partial charge in [0.2, 0.25) is 0 Å². The zero-order chi connectivity index (χ0) is 9.31. The van der Waals surface area contributed by atoms with Crippen molar-refractivity contribution in [1.82, 2.24) is 0 Å². The van der Waals surface area contributed by atoms with E-state index >= 15 is 0 Å². The van der Waals surface area contributed by atoms with Crippen molar-refractivity contribution in [3.8, 4) is 6.07 Å². The second-order valence-corrected chi connectivity index (χ2v) is 3.58. The predicted molar refractivity (Wildman–Crippen MR) is 52.3 cm³/mol. The third-order valence-electron chi connectivity index (χ3n) is 2.60. The maximum atomic E-state index is 9.10. The largest absolute Gasteiger partial charge is 0.197 e. The van der Waals surface area contributed by atoms with Crippen LogP contribution in [0.1, 0.15) is 18.1 Å². The van der Waals surface area contributed by atoms with E-state index in [0.717, 1.165) is 12.0 Å². The van der Waals surface area contributed by atoms with Gasteiger partial charge in [-0.1, -0.05) is 36.4 Å². The van der Waals surface area contributed by atoms with Crippen molar-refractivity contribution in [3.63, 3.8) is 0 Å². The fourth-order valence-corrected chi connectivity index (χ4v) is 1.81. The number of nitriles is 1. The molecule has 1 aromatic rings. The highest BCUT2D eigenvalue weighted by molar-refractivity contribution is 5.46. The molecule has 1 aliphatic carbocycles. The standard InChI is InChI=1S/C12H11N/c1-12(9-13)8-4-6-10-5-2-3-7-11(10)12/h2-5,7-8H,6H2,1H3. The van der Waals surface area contributed by atoms with Gasteiger partial charge in [0.25, 0.3) is 0 Å². The molecule has 0 saturated heterocycles. The summed E-state index contributed by atoms with van der Waals surface area (Å²) in [7, 11) is 0. The van der Waals surface area contributed by atoms with Crippen LogP contribution in [-0.4, -0.2) is 0 Å². The topological polar surface area (TPSA) is 23.8 Å². The summed E-state index contributed by atoms with van der Waals surface area (Å²) in [5, 5.41) is 9.10. The smallest absolute Gasteiger partial charge is 0.0977 e. The first-order valence-corrected chi connectivity index (χ1v) is 4.43. The lowest BCUT2D eigenvalue weighted by atomic mass is 9.77. The number of hydrogen-bond donors (Lipinski definition) is 0. The molecule has 0 aromatic heterocycles. The van der Waals surface area contributed by atoms with Crippen molar-refractivity contribution in [3.05, 3.63) is 47.5 Å². The lowest BCUT2D eigenvalue weighted by molar-refractivity contribution is 0.744. The van der Waals surface area contributed by atoms with Gasteiger partial charge in [-0.15, -0.1) is 0 Å². The Morgan fingerprint density at radius 3 is 2.92 bits per heavy atom. The van der Waals surface area contributed by atoms with Gasteiger partial charge < -0.3 is 0 Å². The number of allylic oxidation sites excluding steroid dienone is 2. The molecule has 1 unspecified atom stereocenters. The molecule has 0 saturated carbocycles. The van der Waals surface area contributed by atoms with Gasteiger partial charge in [-0.05, 0) is 24.5 Å². The van der Waals surface area contributed by atoms with Crippen LogP contribution < -0.4 is 0 Å². The lowest BCUT2D eigenvalue weighted by Gasteiger charge is -2.24. The highest BCUT2D eigenvalue weighted by Crippen LogP contribution is 2.31. The highest BCUT2D eigenvalue weighted by atomic mass is 14.4.